The number of nitrogens with zero attached hydrogens (tertiary/aromatic N) is 3. The lowest BCUT2D eigenvalue weighted by Crippen LogP contribution is -2.19. The lowest BCUT2D eigenvalue weighted by atomic mass is 10.0. The van der Waals surface area contributed by atoms with Crippen molar-refractivity contribution < 1.29 is 9.59 Å². The van der Waals surface area contributed by atoms with Crippen molar-refractivity contribution in [3.05, 3.63) is 77.4 Å². The molecule has 1 saturated carbocycles. The summed E-state index contributed by atoms with van der Waals surface area (Å²) in [4.78, 5) is 33.4. The van der Waals surface area contributed by atoms with E-state index in [1.165, 1.54) is 6.33 Å². The average Bonchev–Trinajstić information content (AvgIpc) is 3.62. The first-order chi connectivity index (χ1) is 17.5. The van der Waals surface area contributed by atoms with Crippen LogP contribution in [0.2, 0.25) is 0 Å². The van der Waals surface area contributed by atoms with Gasteiger partial charge in [-0.3, -0.25) is 14.7 Å². The molecule has 0 spiro atoms. The number of aromatic amines is 1. The Morgan fingerprint density at radius 3 is 2.75 bits per heavy atom. The van der Waals surface area contributed by atoms with Crippen molar-refractivity contribution in [2.75, 3.05) is 24.2 Å². The number of primary amides is 1. The Labute approximate surface area is 208 Å². The number of H-pyrrole nitrogens is 1. The summed E-state index contributed by atoms with van der Waals surface area (Å²) in [5.41, 5.74) is 9.43. The second-order valence-electron chi connectivity index (χ2n) is 8.94. The molecule has 2 aromatic carbocycles. The van der Waals surface area contributed by atoms with Gasteiger partial charge in [-0.15, -0.1) is 0 Å². The summed E-state index contributed by atoms with van der Waals surface area (Å²) in [5.74, 6) is 0.304. The molecule has 0 saturated heterocycles. The molecule has 1 aliphatic carbocycles. The number of carbonyl (C=O) groups is 2. The molecular formula is C26H28N8O2. The van der Waals surface area contributed by atoms with Crippen LogP contribution in [0.5, 0.6) is 0 Å². The van der Waals surface area contributed by atoms with Crippen LogP contribution in [-0.4, -0.2) is 45.6 Å². The maximum absolute atomic E-state index is 12.8. The first-order valence-electron chi connectivity index (χ1n) is 11.9. The molecule has 10 heteroatoms. The third-order valence-corrected chi connectivity index (χ3v) is 6.32. The molecule has 1 unspecified atom stereocenters. The Bertz CT molecular complexity index is 1410. The Balaban J connectivity index is 1.39. The first kappa shape index (κ1) is 23.4. The second kappa shape index (κ2) is 10.1. The smallest absolute Gasteiger partial charge is 0.276 e. The largest absolute Gasteiger partial charge is 0.366 e. The highest BCUT2D eigenvalue weighted by Crippen LogP contribution is 2.39. The van der Waals surface area contributed by atoms with Crippen LogP contribution in [0.3, 0.4) is 0 Å². The fraction of sp³-hybridized carbons (Fsp3) is 0.269. The molecule has 2 heterocycles. The van der Waals surface area contributed by atoms with E-state index in [9.17, 15) is 9.59 Å². The van der Waals surface area contributed by atoms with Crippen LogP contribution in [0.25, 0.3) is 10.9 Å². The van der Waals surface area contributed by atoms with Gasteiger partial charge in [0.1, 0.15) is 12.1 Å². The van der Waals surface area contributed by atoms with E-state index >= 15 is 0 Å². The third kappa shape index (κ3) is 5.03. The number of para-hydroxylation sites is 1. The Kier molecular flexibility index (Phi) is 6.59. The number of amides is 2. The highest BCUT2D eigenvalue weighted by atomic mass is 16.2. The molecule has 0 radical (unpaired) electrons. The van der Waals surface area contributed by atoms with E-state index in [1.807, 2.05) is 43.4 Å². The quantitative estimate of drug-likeness (QED) is 0.232. The van der Waals surface area contributed by atoms with Gasteiger partial charge >= 0.3 is 0 Å². The van der Waals surface area contributed by atoms with Gasteiger partial charge in [0.2, 0.25) is 0 Å². The van der Waals surface area contributed by atoms with Gasteiger partial charge in [-0.1, -0.05) is 18.2 Å². The molecule has 1 aliphatic rings. The van der Waals surface area contributed by atoms with Crippen molar-refractivity contribution in [3.8, 4) is 0 Å². The molecule has 5 rings (SSSR count). The number of carbonyl (C=O) groups excluding carboxylic acids is 2. The summed E-state index contributed by atoms with van der Waals surface area (Å²) < 4.78 is 0. The van der Waals surface area contributed by atoms with Gasteiger partial charge < -0.3 is 21.7 Å². The van der Waals surface area contributed by atoms with E-state index < -0.39 is 5.91 Å². The number of aromatic nitrogens is 4. The molecule has 0 aliphatic heterocycles. The van der Waals surface area contributed by atoms with Gasteiger partial charge in [-0.25, -0.2) is 9.97 Å². The molecule has 2 amide bonds. The molecule has 36 heavy (non-hydrogen) atoms. The SMILES string of the molecule is CNCCC(Nc1ncnc2c(C(N)=O)cccc12)c1cccc(NC(=O)c2cc(C3CC3)[nH]n2)c1. The molecular weight excluding hydrogens is 456 g/mol. The Hall–Kier alpha value is -4.31. The molecule has 2 aromatic heterocycles. The van der Waals surface area contributed by atoms with Crippen molar-refractivity contribution in [3.63, 3.8) is 0 Å². The number of rotatable bonds is 10. The highest BCUT2D eigenvalue weighted by molar-refractivity contribution is 6.07. The average molecular weight is 485 g/mol. The van der Waals surface area contributed by atoms with Crippen molar-refractivity contribution in [1.29, 1.82) is 0 Å². The highest BCUT2D eigenvalue weighted by Gasteiger charge is 2.26. The minimum atomic E-state index is -0.540. The lowest BCUT2D eigenvalue weighted by molar-refractivity contribution is 0.0998. The van der Waals surface area contributed by atoms with E-state index in [0.717, 1.165) is 37.1 Å². The van der Waals surface area contributed by atoms with Gasteiger partial charge in [-0.2, -0.15) is 5.10 Å². The number of hydrogen-bond donors (Lipinski definition) is 5. The monoisotopic (exact) mass is 484 g/mol. The molecule has 4 aromatic rings. The number of nitrogens with one attached hydrogen (secondary N) is 4. The van der Waals surface area contributed by atoms with Gasteiger partial charge in [0, 0.05) is 22.7 Å². The van der Waals surface area contributed by atoms with Crippen LogP contribution in [0.15, 0.2) is 54.9 Å². The van der Waals surface area contributed by atoms with Gasteiger partial charge in [-0.05, 0) is 68.8 Å². The maximum atomic E-state index is 12.8. The summed E-state index contributed by atoms with van der Waals surface area (Å²) in [6, 6.07) is 14.7. The number of benzene rings is 2. The van der Waals surface area contributed by atoms with E-state index in [4.69, 9.17) is 5.73 Å². The van der Waals surface area contributed by atoms with Crippen LogP contribution in [0.1, 0.15) is 63.3 Å². The Morgan fingerprint density at radius 1 is 1.14 bits per heavy atom. The van der Waals surface area contributed by atoms with Crippen LogP contribution in [0, 0.1) is 0 Å². The van der Waals surface area contributed by atoms with Gasteiger partial charge in [0.05, 0.1) is 17.1 Å². The predicted octanol–water partition coefficient (Wildman–Crippen LogP) is 3.34. The normalized spacial score (nSPS) is 13.9. The molecule has 184 valence electrons. The summed E-state index contributed by atoms with van der Waals surface area (Å²) in [7, 11) is 1.90. The lowest BCUT2D eigenvalue weighted by Gasteiger charge is -2.21. The third-order valence-electron chi connectivity index (χ3n) is 6.32. The minimum Gasteiger partial charge on any atom is -0.366 e. The second-order valence-corrected chi connectivity index (χ2v) is 8.94. The van der Waals surface area contributed by atoms with E-state index in [1.54, 1.807) is 12.1 Å². The molecule has 10 nitrogen and oxygen atoms in total. The van der Waals surface area contributed by atoms with Crippen LogP contribution < -0.4 is 21.7 Å². The van der Waals surface area contributed by atoms with Crippen molar-refractivity contribution in [2.45, 2.75) is 31.2 Å². The number of fused-ring (bicyclic) bond motifs is 1. The fourth-order valence-electron chi connectivity index (χ4n) is 4.26. The minimum absolute atomic E-state index is 0.128. The van der Waals surface area contributed by atoms with Crippen molar-refractivity contribution in [2.24, 2.45) is 5.73 Å². The summed E-state index contributed by atoms with van der Waals surface area (Å²) in [6.07, 6.45) is 4.44. The fourth-order valence-corrected chi connectivity index (χ4v) is 4.26. The van der Waals surface area contributed by atoms with Gasteiger partial charge in [0.25, 0.3) is 11.8 Å². The molecule has 1 atom stereocenters. The maximum Gasteiger partial charge on any atom is 0.276 e. The zero-order valence-electron chi connectivity index (χ0n) is 19.9. The van der Waals surface area contributed by atoms with Crippen LogP contribution in [-0.2, 0) is 0 Å². The van der Waals surface area contributed by atoms with Gasteiger partial charge in [0.15, 0.2) is 5.69 Å². The van der Waals surface area contributed by atoms with Crippen LogP contribution in [0.4, 0.5) is 11.5 Å². The van der Waals surface area contributed by atoms with Crippen LogP contribution >= 0.6 is 0 Å². The number of nitrogens with two attached hydrogens (primary N) is 1. The number of anilines is 2. The van der Waals surface area contributed by atoms with E-state index in [0.29, 0.717) is 39.6 Å². The summed E-state index contributed by atoms with van der Waals surface area (Å²) >= 11 is 0. The zero-order chi connectivity index (χ0) is 25.1. The predicted molar refractivity (Wildman–Crippen MR) is 138 cm³/mol. The summed E-state index contributed by atoms with van der Waals surface area (Å²) in [6.45, 7) is 0.751. The van der Waals surface area contributed by atoms with E-state index in [2.05, 4.69) is 36.1 Å². The van der Waals surface area contributed by atoms with Crippen molar-refractivity contribution >= 4 is 34.2 Å². The molecule has 1 fully saturated rings. The first-order valence-corrected chi connectivity index (χ1v) is 11.9. The zero-order valence-corrected chi connectivity index (χ0v) is 19.9. The molecule has 0 bridgehead atoms. The Morgan fingerprint density at radius 2 is 1.97 bits per heavy atom. The summed E-state index contributed by atoms with van der Waals surface area (Å²) in [5, 5.41) is 17.5. The molecule has 6 N–H and O–H groups in total. The number of hydrogen-bond acceptors (Lipinski definition) is 7. The standard InChI is InChI=1S/C26H28N8O2/c1-28-11-10-20(32-25-19-7-3-6-18(24(27)35)23(19)29-14-30-25)16-4-2-5-17(12-16)31-26(36)22-13-21(33-34-22)15-8-9-15/h2-7,12-15,20,28H,8-11H2,1H3,(H2,27,35)(H,31,36)(H,33,34)(H,29,30,32). The topological polar surface area (TPSA) is 151 Å². The van der Waals surface area contributed by atoms with Crippen molar-refractivity contribution in [1.82, 2.24) is 25.5 Å². The van der Waals surface area contributed by atoms with E-state index in [-0.39, 0.29) is 11.9 Å².